The second-order valence-corrected chi connectivity index (χ2v) is 7.88. The Balaban J connectivity index is 2.28. The fourth-order valence-electron chi connectivity index (χ4n) is 1.43. The third-order valence-electron chi connectivity index (χ3n) is 3.16. The fourth-order valence-corrected chi connectivity index (χ4v) is 1.80. The van der Waals surface area contributed by atoms with Crippen molar-refractivity contribution in [3.8, 4) is 11.5 Å². The molecule has 0 spiro atoms. The van der Waals surface area contributed by atoms with Crippen LogP contribution >= 0.6 is 0 Å². The van der Waals surface area contributed by atoms with Crippen LogP contribution in [0.15, 0.2) is 24.3 Å². The number of hydrogen-bond acceptors (Lipinski definition) is 5. The molecule has 0 aromatic heterocycles. The molecule has 1 rings (SSSR count). The topological polar surface area (TPSA) is 64.6 Å². The lowest BCUT2D eigenvalue weighted by Gasteiger charge is -2.22. The number of benzene rings is 1. The van der Waals surface area contributed by atoms with E-state index in [0.717, 1.165) is 11.5 Å². The second-order valence-electron chi connectivity index (χ2n) is 5.23. The third-order valence-corrected chi connectivity index (χ3v) is 5.31. The van der Waals surface area contributed by atoms with E-state index in [4.69, 9.17) is 9.47 Å². The van der Waals surface area contributed by atoms with Crippen LogP contribution in [0.2, 0.25) is 0 Å². The molecule has 0 saturated carbocycles. The molecule has 114 valence electrons. The highest BCUT2D eigenvalue weighted by Gasteiger charge is 2.29. The molecule has 0 aliphatic heterocycles. The summed E-state index contributed by atoms with van der Waals surface area (Å²) >= 11 is 0. The van der Waals surface area contributed by atoms with Gasteiger partial charge in [0.1, 0.15) is 18.1 Å². The summed E-state index contributed by atoms with van der Waals surface area (Å²) in [7, 11) is -1.45. The van der Waals surface area contributed by atoms with Crippen molar-refractivity contribution in [2.75, 3.05) is 33.1 Å². The second kappa shape index (κ2) is 6.95. The maximum Gasteiger partial charge on any atom is 0.153 e. The SMILES string of the molecule is COc1ccc(OCCNCC(C)(C)S(C)(=O)=O)cc1. The summed E-state index contributed by atoms with van der Waals surface area (Å²) in [6.45, 7) is 4.88. The van der Waals surface area contributed by atoms with Crippen molar-refractivity contribution >= 4 is 9.84 Å². The van der Waals surface area contributed by atoms with Crippen LogP contribution in [0.25, 0.3) is 0 Å². The quantitative estimate of drug-likeness (QED) is 0.737. The summed E-state index contributed by atoms with van der Waals surface area (Å²) in [5, 5.41) is 3.10. The highest BCUT2D eigenvalue weighted by Crippen LogP contribution is 2.17. The summed E-state index contributed by atoms with van der Waals surface area (Å²) in [5.74, 6) is 1.54. The Morgan fingerprint density at radius 1 is 1.15 bits per heavy atom. The molecule has 0 radical (unpaired) electrons. The zero-order valence-electron chi connectivity index (χ0n) is 12.5. The third kappa shape index (κ3) is 5.02. The van der Waals surface area contributed by atoms with Gasteiger partial charge in [-0.25, -0.2) is 8.42 Å². The predicted octanol–water partition coefficient (Wildman–Crippen LogP) is 1.49. The Kier molecular flexibility index (Phi) is 5.83. The average molecular weight is 301 g/mol. The maximum absolute atomic E-state index is 11.5. The molecule has 0 amide bonds. The zero-order valence-corrected chi connectivity index (χ0v) is 13.3. The first kappa shape index (κ1) is 16.8. The molecular weight excluding hydrogens is 278 g/mol. The normalized spacial score (nSPS) is 12.2. The number of nitrogens with one attached hydrogen (secondary N) is 1. The minimum absolute atomic E-state index is 0.401. The largest absolute Gasteiger partial charge is 0.497 e. The number of sulfone groups is 1. The Morgan fingerprint density at radius 2 is 1.70 bits per heavy atom. The molecule has 0 bridgehead atoms. The van der Waals surface area contributed by atoms with Gasteiger partial charge < -0.3 is 14.8 Å². The van der Waals surface area contributed by atoms with Crippen molar-refractivity contribution in [3.05, 3.63) is 24.3 Å². The van der Waals surface area contributed by atoms with E-state index < -0.39 is 14.6 Å². The lowest BCUT2D eigenvalue weighted by atomic mass is 10.2. The van der Waals surface area contributed by atoms with Gasteiger partial charge in [0.15, 0.2) is 9.84 Å². The summed E-state index contributed by atoms with van der Waals surface area (Å²) in [6.07, 6.45) is 1.25. The highest BCUT2D eigenvalue weighted by atomic mass is 32.2. The molecule has 1 aromatic rings. The van der Waals surface area contributed by atoms with Gasteiger partial charge in [-0.05, 0) is 38.1 Å². The molecule has 0 saturated heterocycles. The van der Waals surface area contributed by atoms with Crippen molar-refractivity contribution in [1.82, 2.24) is 5.32 Å². The first-order chi connectivity index (χ1) is 9.26. The maximum atomic E-state index is 11.5. The molecule has 0 fully saturated rings. The van der Waals surface area contributed by atoms with Gasteiger partial charge in [-0.1, -0.05) is 0 Å². The van der Waals surface area contributed by atoms with Crippen LogP contribution < -0.4 is 14.8 Å². The van der Waals surface area contributed by atoms with Crippen molar-refractivity contribution in [2.24, 2.45) is 0 Å². The molecule has 0 aliphatic rings. The monoisotopic (exact) mass is 301 g/mol. The van der Waals surface area contributed by atoms with E-state index in [1.165, 1.54) is 6.26 Å². The van der Waals surface area contributed by atoms with Gasteiger partial charge in [0.05, 0.1) is 11.9 Å². The van der Waals surface area contributed by atoms with E-state index >= 15 is 0 Å². The van der Waals surface area contributed by atoms with Crippen LogP contribution in [0.3, 0.4) is 0 Å². The van der Waals surface area contributed by atoms with E-state index in [1.807, 2.05) is 24.3 Å². The molecule has 1 N–H and O–H groups in total. The summed E-state index contributed by atoms with van der Waals surface area (Å²) < 4.78 is 32.9. The molecule has 0 aliphatic carbocycles. The Morgan fingerprint density at radius 3 is 2.20 bits per heavy atom. The zero-order chi connectivity index (χ0) is 15.2. The molecule has 20 heavy (non-hydrogen) atoms. The van der Waals surface area contributed by atoms with Gasteiger partial charge in [0.2, 0.25) is 0 Å². The molecule has 0 heterocycles. The average Bonchev–Trinajstić information content (AvgIpc) is 2.37. The lowest BCUT2D eigenvalue weighted by Crippen LogP contribution is -2.42. The van der Waals surface area contributed by atoms with E-state index in [-0.39, 0.29) is 0 Å². The fraction of sp³-hybridized carbons (Fsp3) is 0.571. The van der Waals surface area contributed by atoms with Gasteiger partial charge in [-0.15, -0.1) is 0 Å². The van der Waals surface area contributed by atoms with Crippen molar-refractivity contribution in [3.63, 3.8) is 0 Å². The summed E-state index contributed by atoms with van der Waals surface area (Å²) in [5.41, 5.74) is 0. The van der Waals surface area contributed by atoms with Crippen LogP contribution in [0, 0.1) is 0 Å². The van der Waals surface area contributed by atoms with Crippen LogP contribution in [0.4, 0.5) is 0 Å². The van der Waals surface area contributed by atoms with Crippen LogP contribution in [0.1, 0.15) is 13.8 Å². The van der Waals surface area contributed by atoms with Crippen molar-refractivity contribution in [2.45, 2.75) is 18.6 Å². The van der Waals surface area contributed by atoms with Crippen LogP contribution in [0.5, 0.6) is 11.5 Å². The number of methoxy groups -OCH3 is 1. The molecule has 6 heteroatoms. The van der Waals surface area contributed by atoms with Crippen LogP contribution in [-0.2, 0) is 9.84 Å². The number of hydrogen-bond donors (Lipinski definition) is 1. The van der Waals surface area contributed by atoms with Gasteiger partial charge >= 0.3 is 0 Å². The van der Waals surface area contributed by atoms with E-state index in [1.54, 1.807) is 21.0 Å². The Hall–Kier alpha value is -1.27. The molecule has 0 unspecified atom stereocenters. The predicted molar refractivity (Wildman–Crippen MR) is 80.3 cm³/mol. The standard InChI is InChI=1S/C14H23NO4S/c1-14(2,20(4,16)17)11-15-9-10-19-13-7-5-12(18-3)6-8-13/h5-8,15H,9-11H2,1-4H3. The van der Waals surface area contributed by atoms with Gasteiger partial charge in [0.25, 0.3) is 0 Å². The molecule has 5 nitrogen and oxygen atoms in total. The van der Waals surface area contributed by atoms with E-state index in [2.05, 4.69) is 5.32 Å². The van der Waals surface area contributed by atoms with Crippen molar-refractivity contribution in [1.29, 1.82) is 0 Å². The summed E-state index contributed by atoms with van der Waals surface area (Å²) in [4.78, 5) is 0. The Labute approximate surface area is 121 Å². The Bertz CT molecular complexity index is 508. The molecule has 1 aromatic carbocycles. The highest BCUT2D eigenvalue weighted by molar-refractivity contribution is 7.92. The number of ether oxygens (including phenoxy) is 2. The van der Waals surface area contributed by atoms with Crippen molar-refractivity contribution < 1.29 is 17.9 Å². The minimum atomic E-state index is -3.07. The van der Waals surface area contributed by atoms with Gasteiger partial charge in [-0.2, -0.15) is 0 Å². The smallest absolute Gasteiger partial charge is 0.153 e. The molecule has 0 atom stereocenters. The van der Waals surface area contributed by atoms with Crippen LogP contribution in [-0.4, -0.2) is 46.2 Å². The van der Waals surface area contributed by atoms with E-state index in [0.29, 0.717) is 19.7 Å². The first-order valence-corrected chi connectivity index (χ1v) is 8.32. The van der Waals surface area contributed by atoms with Gasteiger partial charge in [-0.3, -0.25) is 0 Å². The number of rotatable bonds is 8. The molecular formula is C14H23NO4S. The van der Waals surface area contributed by atoms with E-state index in [9.17, 15) is 8.42 Å². The first-order valence-electron chi connectivity index (χ1n) is 6.43. The lowest BCUT2D eigenvalue weighted by molar-refractivity contribution is 0.311. The van der Waals surface area contributed by atoms with Gasteiger partial charge in [0, 0.05) is 19.3 Å². The summed E-state index contributed by atoms with van der Waals surface area (Å²) in [6, 6.07) is 7.32. The minimum Gasteiger partial charge on any atom is -0.497 e.